The molecule has 2 heterocycles. The number of amides is 1. The van der Waals surface area contributed by atoms with E-state index in [4.69, 9.17) is 5.73 Å². The number of H-pyrrole nitrogens is 1. The number of benzene rings is 2. The Morgan fingerprint density at radius 2 is 1.84 bits per heavy atom. The number of anilines is 1. The van der Waals surface area contributed by atoms with Crippen LogP contribution in [0, 0.1) is 13.8 Å². The van der Waals surface area contributed by atoms with Crippen molar-refractivity contribution < 1.29 is 13.2 Å². The first-order chi connectivity index (χ1) is 17.6. The Hall–Kier alpha value is -3.92. The zero-order valence-corrected chi connectivity index (χ0v) is 21.6. The Labute approximate surface area is 214 Å². The SMILES string of the molecule is Cc1cc(C)c(CC2(n3ncc4c(C(N)=O)cc(NS(=O)(=O)c5ccccc5)cc43)CCCC2)c(=O)[nH]1. The minimum Gasteiger partial charge on any atom is -0.366 e. The largest absolute Gasteiger partial charge is 0.366 e. The molecule has 1 aliphatic rings. The zero-order valence-electron chi connectivity index (χ0n) is 20.7. The number of nitrogens with zero attached hydrogens (tertiary/aromatic N) is 2. The predicted molar refractivity (Wildman–Crippen MR) is 142 cm³/mol. The Morgan fingerprint density at radius 1 is 1.14 bits per heavy atom. The Morgan fingerprint density at radius 3 is 2.49 bits per heavy atom. The van der Waals surface area contributed by atoms with Crippen LogP contribution >= 0.6 is 0 Å². The Balaban J connectivity index is 1.65. The second-order valence-electron chi connectivity index (χ2n) is 9.85. The maximum Gasteiger partial charge on any atom is 0.261 e. The fourth-order valence-electron chi connectivity index (χ4n) is 5.51. The number of hydrogen-bond donors (Lipinski definition) is 3. The topological polar surface area (TPSA) is 140 Å². The van der Waals surface area contributed by atoms with Crippen LogP contribution in [-0.2, 0) is 22.0 Å². The molecule has 1 saturated carbocycles. The molecule has 4 N–H and O–H groups in total. The number of hydrogen-bond acceptors (Lipinski definition) is 5. The van der Waals surface area contributed by atoms with Crippen LogP contribution in [0.1, 0.15) is 52.9 Å². The van der Waals surface area contributed by atoms with Gasteiger partial charge in [-0.05, 0) is 62.6 Å². The minimum atomic E-state index is -3.90. The molecule has 0 spiro atoms. The highest BCUT2D eigenvalue weighted by molar-refractivity contribution is 7.92. The highest BCUT2D eigenvalue weighted by Gasteiger charge is 2.39. The summed E-state index contributed by atoms with van der Waals surface area (Å²) in [4.78, 5) is 28.3. The first-order valence-corrected chi connectivity index (χ1v) is 13.7. The van der Waals surface area contributed by atoms with E-state index in [1.54, 1.807) is 30.5 Å². The molecule has 2 aromatic heterocycles. The van der Waals surface area contributed by atoms with Crippen molar-refractivity contribution in [2.24, 2.45) is 5.73 Å². The van der Waals surface area contributed by atoms with Gasteiger partial charge in [0.2, 0.25) is 5.91 Å². The van der Waals surface area contributed by atoms with Crippen LogP contribution < -0.4 is 16.0 Å². The minimum absolute atomic E-state index is 0.102. The molecule has 1 amide bonds. The number of fused-ring (bicyclic) bond motifs is 1. The van der Waals surface area contributed by atoms with Gasteiger partial charge >= 0.3 is 0 Å². The van der Waals surface area contributed by atoms with Gasteiger partial charge in [-0.15, -0.1) is 0 Å². The molecule has 4 aromatic rings. The summed E-state index contributed by atoms with van der Waals surface area (Å²) in [6.07, 6.45) is 5.58. The van der Waals surface area contributed by atoms with E-state index >= 15 is 0 Å². The molecule has 37 heavy (non-hydrogen) atoms. The second kappa shape index (κ2) is 9.19. The number of nitrogens with one attached hydrogen (secondary N) is 2. The van der Waals surface area contributed by atoms with Crippen LogP contribution in [0.3, 0.4) is 0 Å². The number of sulfonamides is 1. The third-order valence-electron chi connectivity index (χ3n) is 7.24. The fraction of sp³-hybridized carbons (Fsp3) is 0.296. The molecule has 5 rings (SSSR count). The van der Waals surface area contributed by atoms with E-state index in [0.29, 0.717) is 22.9 Å². The molecule has 192 valence electrons. The summed E-state index contributed by atoms with van der Waals surface area (Å²) in [6.45, 7) is 3.79. The van der Waals surface area contributed by atoms with Crippen LogP contribution in [-0.4, -0.2) is 29.1 Å². The molecule has 0 aliphatic heterocycles. The van der Waals surface area contributed by atoms with E-state index in [1.807, 2.05) is 24.6 Å². The predicted octanol–water partition coefficient (Wildman–Crippen LogP) is 3.75. The highest BCUT2D eigenvalue weighted by Crippen LogP contribution is 2.42. The number of carbonyl (C=O) groups excluding carboxylic acids is 1. The number of aromatic nitrogens is 3. The van der Waals surface area contributed by atoms with Gasteiger partial charge in [-0.3, -0.25) is 19.0 Å². The Kier molecular flexibility index (Phi) is 6.15. The van der Waals surface area contributed by atoms with Crippen LogP contribution in [0.4, 0.5) is 5.69 Å². The molecular weight excluding hydrogens is 490 g/mol. The van der Waals surface area contributed by atoms with Crippen molar-refractivity contribution in [3.63, 3.8) is 0 Å². The van der Waals surface area contributed by atoms with Crippen LogP contribution in [0.5, 0.6) is 0 Å². The van der Waals surface area contributed by atoms with Gasteiger partial charge in [0, 0.05) is 23.1 Å². The van der Waals surface area contributed by atoms with Crippen molar-refractivity contribution in [2.75, 3.05) is 4.72 Å². The molecule has 2 aromatic carbocycles. The van der Waals surface area contributed by atoms with Gasteiger partial charge in [-0.1, -0.05) is 31.0 Å². The van der Waals surface area contributed by atoms with Gasteiger partial charge < -0.3 is 10.7 Å². The average molecular weight is 520 g/mol. The summed E-state index contributed by atoms with van der Waals surface area (Å²) in [7, 11) is -3.90. The summed E-state index contributed by atoms with van der Waals surface area (Å²) in [5.74, 6) is -0.684. The molecule has 0 radical (unpaired) electrons. The van der Waals surface area contributed by atoms with Gasteiger partial charge in [-0.2, -0.15) is 5.10 Å². The molecule has 1 aliphatic carbocycles. The van der Waals surface area contributed by atoms with Crippen molar-refractivity contribution >= 4 is 32.5 Å². The summed E-state index contributed by atoms with van der Waals surface area (Å²) in [5.41, 5.74) is 8.48. The zero-order chi connectivity index (χ0) is 26.4. The van der Waals surface area contributed by atoms with Gasteiger partial charge in [-0.25, -0.2) is 8.42 Å². The van der Waals surface area contributed by atoms with Crippen molar-refractivity contribution in [2.45, 2.75) is 56.4 Å². The quantitative estimate of drug-likeness (QED) is 0.341. The van der Waals surface area contributed by atoms with E-state index in [9.17, 15) is 18.0 Å². The molecule has 1 fully saturated rings. The lowest BCUT2D eigenvalue weighted by Crippen LogP contribution is -2.36. The number of rotatable bonds is 7. The Bertz CT molecular complexity index is 1670. The lowest BCUT2D eigenvalue weighted by atomic mass is 9.87. The fourth-order valence-corrected chi connectivity index (χ4v) is 6.57. The number of nitrogens with two attached hydrogens (primary N) is 1. The molecule has 0 bridgehead atoms. The normalized spacial score (nSPS) is 15.2. The number of aromatic amines is 1. The smallest absolute Gasteiger partial charge is 0.261 e. The van der Waals surface area contributed by atoms with Crippen molar-refractivity contribution in [3.05, 3.63) is 87.5 Å². The van der Waals surface area contributed by atoms with E-state index < -0.39 is 21.5 Å². The molecule has 0 saturated heterocycles. The maximum absolute atomic E-state index is 13.0. The molecule has 9 nitrogen and oxygen atoms in total. The van der Waals surface area contributed by atoms with Crippen molar-refractivity contribution in [1.29, 1.82) is 0 Å². The summed E-state index contributed by atoms with van der Waals surface area (Å²) in [5, 5.41) is 5.22. The maximum atomic E-state index is 13.0. The van der Waals surface area contributed by atoms with E-state index in [0.717, 1.165) is 36.9 Å². The van der Waals surface area contributed by atoms with Gasteiger partial charge in [0.25, 0.3) is 15.6 Å². The average Bonchev–Trinajstić information content (AvgIpc) is 3.49. The standard InChI is InChI=1S/C27H29N5O4S/c1-17-12-18(2)30-26(34)22(17)15-27(10-6-7-11-27)32-24-14-19(13-21(25(28)33)23(24)16-29-32)31-37(35,36)20-8-4-3-5-9-20/h3-5,8-9,12-14,16,31H,6-7,10-11,15H2,1-2H3,(H2,28,33)(H,30,34). The molecule has 0 unspecified atom stereocenters. The van der Waals surface area contributed by atoms with Gasteiger partial charge in [0.1, 0.15) is 0 Å². The summed E-state index contributed by atoms with van der Waals surface area (Å²) >= 11 is 0. The molecule has 10 heteroatoms. The van der Waals surface area contributed by atoms with E-state index in [1.165, 1.54) is 18.2 Å². The first kappa shape index (κ1) is 24.8. The lowest BCUT2D eigenvalue weighted by Gasteiger charge is -2.31. The van der Waals surface area contributed by atoms with Gasteiger partial charge in [0.05, 0.1) is 33.4 Å². The van der Waals surface area contributed by atoms with E-state index in [2.05, 4.69) is 14.8 Å². The third-order valence-corrected chi connectivity index (χ3v) is 8.64. The van der Waals surface area contributed by atoms with Crippen LogP contribution in [0.15, 0.2) is 64.4 Å². The second-order valence-corrected chi connectivity index (χ2v) is 11.5. The number of carbonyl (C=O) groups is 1. The summed E-state index contributed by atoms with van der Waals surface area (Å²) in [6, 6.07) is 13.1. The monoisotopic (exact) mass is 519 g/mol. The molecule has 0 atom stereocenters. The van der Waals surface area contributed by atoms with Gasteiger partial charge in [0.15, 0.2) is 0 Å². The lowest BCUT2D eigenvalue weighted by molar-refractivity contribution is 0.100. The van der Waals surface area contributed by atoms with E-state index in [-0.39, 0.29) is 21.7 Å². The number of aryl methyl sites for hydroxylation is 2. The molecular formula is C27H29N5O4S. The number of primary amides is 1. The third kappa shape index (κ3) is 4.53. The first-order valence-electron chi connectivity index (χ1n) is 12.2. The van der Waals surface area contributed by atoms with Crippen molar-refractivity contribution in [1.82, 2.24) is 14.8 Å². The highest BCUT2D eigenvalue weighted by atomic mass is 32.2. The van der Waals surface area contributed by atoms with Crippen LogP contribution in [0.25, 0.3) is 10.9 Å². The number of pyridine rings is 1. The summed E-state index contributed by atoms with van der Waals surface area (Å²) < 4.78 is 30.5. The van der Waals surface area contributed by atoms with Crippen LogP contribution in [0.2, 0.25) is 0 Å². The van der Waals surface area contributed by atoms with Crippen molar-refractivity contribution in [3.8, 4) is 0 Å².